The molecule has 2 N–H and O–H groups in total. The maximum absolute atomic E-state index is 12.9. The van der Waals surface area contributed by atoms with Crippen LogP contribution < -0.4 is 15.2 Å². The van der Waals surface area contributed by atoms with Crippen molar-refractivity contribution in [3.63, 3.8) is 0 Å². The third-order valence-electron chi connectivity index (χ3n) is 5.01. The zero-order valence-corrected chi connectivity index (χ0v) is 17.5. The van der Waals surface area contributed by atoms with Gasteiger partial charge in [-0.3, -0.25) is 25.1 Å². The van der Waals surface area contributed by atoms with Crippen molar-refractivity contribution in [2.24, 2.45) is 0 Å². The number of benzene rings is 3. The monoisotopic (exact) mass is 459 g/mol. The number of carboxylic acids is 1. The lowest BCUT2D eigenvalue weighted by atomic mass is 10.1. The molecule has 1 saturated heterocycles. The maximum atomic E-state index is 12.9. The second-order valence-corrected chi connectivity index (χ2v) is 7.25. The van der Waals surface area contributed by atoms with E-state index in [2.05, 4.69) is 5.43 Å². The number of para-hydroxylation sites is 1. The molecule has 1 aliphatic heterocycles. The van der Waals surface area contributed by atoms with Crippen molar-refractivity contribution < 1.29 is 29.2 Å². The van der Waals surface area contributed by atoms with Crippen molar-refractivity contribution in [3.05, 3.63) is 105 Å². The standard InChI is InChI=1S/C24H17N3O7/c28-22-20(23(29)26(25-22)18-4-2-1-3-5-18)13-17-12-19(27(32)33)10-11-21(17)34-14-15-6-8-16(9-7-15)24(30)31/h1-13H,14H2,(H,25,28)(H,30,31). The Morgan fingerprint density at radius 1 is 1.06 bits per heavy atom. The molecule has 4 rings (SSSR count). The number of carboxylic acid groups (broad SMARTS) is 1. The number of nitrogens with one attached hydrogen (secondary N) is 1. The molecule has 1 heterocycles. The van der Waals surface area contributed by atoms with Gasteiger partial charge in [0.25, 0.3) is 17.5 Å². The smallest absolute Gasteiger partial charge is 0.335 e. The van der Waals surface area contributed by atoms with Gasteiger partial charge in [-0.25, -0.2) is 9.80 Å². The molecule has 2 amide bonds. The number of aromatic carboxylic acids is 1. The summed E-state index contributed by atoms with van der Waals surface area (Å²) in [6.45, 7) is 0.0319. The first kappa shape index (κ1) is 22.2. The van der Waals surface area contributed by atoms with Crippen LogP contribution in [-0.2, 0) is 16.2 Å². The first-order chi connectivity index (χ1) is 16.3. The average Bonchev–Trinajstić information content (AvgIpc) is 3.12. The van der Waals surface area contributed by atoms with E-state index in [-0.39, 0.29) is 34.7 Å². The molecule has 3 aromatic carbocycles. The number of anilines is 1. The predicted octanol–water partition coefficient (Wildman–Crippen LogP) is 3.33. The lowest BCUT2D eigenvalue weighted by Crippen LogP contribution is -2.35. The highest BCUT2D eigenvalue weighted by molar-refractivity contribution is 6.31. The minimum Gasteiger partial charge on any atom is -0.488 e. The Morgan fingerprint density at radius 3 is 2.41 bits per heavy atom. The fourth-order valence-electron chi connectivity index (χ4n) is 3.27. The van der Waals surface area contributed by atoms with Gasteiger partial charge in [-0.15, -0.1) is 0 Å². The highest BCUT2D eigenvalue weighted by atomic mass is 16.6. The Balaban J connectivity index is 1.63. The fourth-order valence-corrected chi connectivity index (χ4v) is 3.27. The van der Waals surface area contributed by atoms with E-state index in [1.54, 1.807) is 42.5 Å². The third kappa shape index (κ3) is 4.60. The van der Waals surface area contributed by atoms with Crippen LogP contribution in [0.25, 0.3) is 6.08 Å². The summed E-state index contributed by atoms with van der Waals surface area (Å²) in [6, 6.07) is 18.4. The molecule has 1 fully saturated rings. The summed E-state index contributed by atoms with van der Waals surface area (Å²) in [4.78, 5) is 47.1. The summed E-state index contributed by atoms with van der Waals surface area (Å²) < 4.78 is 5.78. The molecule has 10 heteroatoms. The van der Waals surface area contributed by atoms with Crippen molar-refractivity contribution in [1.29, 1.82) is 0 Å². The number of carbonyl (C=O) groups is 3. The zero-order valence-electron chi connectivity index (χ0n) is 17.5. The van der Waals surface area contributed by atoms with Crippen molar-refractivity contribution in [3.8, 4) is 5.75 Å². The van der Waals surface area contributed by atoms with E-state index >= 15 is 0 Å². The number of non-ortho nitro benzene ring substituents is 1. The van der Waals surface area contributed by atoms with Crippen molar-refractivity contribution in [2.75, 3.05) is 5.01 Å². The van der Waals surface area contributed by atoms with E-state index in [1.807, 2.05) is 0 Å². The van der Waals surface area contributed by atoms with E-state index in [0.29, 0.717) is 11.3 Å². The topological polar surface area (TPSA) is 139 Å². The molecule has 0 radical (unpaired) electrons. The minimum absolute atomic E-state index is 0.0319. The number of amides is 2. The highest BCUT2D eigenvalue weighted by Crippen LogP contribution is 2.29. The number of hydrogen-bond donors (Lipinski definition) is 2. The van der Waals surface area contributed by atoms with Gasteiger partial charge >= 0.3 is 5.97 Å². The van der Waals surface area contributed by atoms with Gasteiger partial charge in [0.1, 0.15) is 17.9 Å². The lowest BCUT2D eigenvalue weighted by Gasteiger charge is -2.14. The zero-order chi connectivity index (χ0) is 24.2. The number of nitrogens with zero attached hydrogens (tertiary/aromatic N) is 2. The Labute approximate surface area is 192 Å². The molecular formula is C24H17N3O7. The Kier molecular flexibility index (Phi) is 6.04. The molecule has 0 aliphatic carbocycles. The number of rotatable bonds is 7. The fraction of sp³-hybridized carbons (Fsp3) is 0.0417. The normalized spacial score (nSPS) is 14.2. The van der Waals surface area contributed by atoms with Gasteiger partial charge in [0.2, 0.25) is 0 Å². The summed E-state index contributed by atoms with van der Waals surface area (Å²) in [5, 5.41) is 21.4. The number of hydrazine groups is 1. The van der Waals surface area contributed by atoms with Gasteiger partial charge in [0.15, 0.2) is 0 Å². The second kappa shape index (κ2) is 9.25. The van der Waals surface area contributed by atoms with E-state index in [4.69, 9.17) is 9.84 Å². The van der Waals surface area contributed by atoms with Crippen LogP contribution in [-0.4, -0.2) is 27.8 Å². The van der Waals surface area contributed by atoms with Crippen LogP contribution >= 0.6 is 0 Å². The summed E-state index contributed by atoms with van der Waals surface area (Å²) >= 11 is 0. The van der Waals surface area contributed by atoms with Crippen LogP contribution in [0.4, 0.5) is 11.4 Å². The van der Waals surface area contributed by atoms with E-state index in [1.165, 1.54) is 36.4 Å². The van der Waals surface area contributed by atoms with Crippen LogP contribution in [0, 0.1) is 10.1 Å². The summed E-state index contributed by atoms with van der Waals surface area (Å²) in [5.74, 6) is -2.12. The number of ether oxygens (including phenoxy) is 1. The van der Waals surface area contributed by atoms with Gasteiger partial charge in [-0.2, -0.15) is 0 Å². The van der Waals surface area contributed by atoms with E-state index in [9.17, 15) is 24.5 Å². The molecule has 34 heavy (non-hydrogen) atoms. The summed E-state index contributed by atoms with van der Waals surface area (Å²) in [7, 11) is 0. The van der Waals surface area contributed by atoms with Crippen molar-refractivity contribution >= 4 is 35.2 Å². The van der Waals surface area contributed by atoms with Crippen LogP contribution in [0.2, 0.25) is 0 Å². The molecule has 0 bridgehead atoms. The van der Waals surface area contributed by atoms with Gasteiger partial charge in [0.05, 0.1) is 16.2 Å². The van der Waals surface area contributed by atoms with Crippen molar-refractivity contribution in [1.82, 2.24) is 5.43 Å². The second-order valence-electron chi connectivity index (χ2n) is 7.25. The largest absolute Gasteiger partial charge is 0.488 e. The van der Waals surface area contributed by atoms with E-state index < -0.39 is 22.7 Å². The predicted molar refractivity (Wildman–Crippen MR) is 121 cm³/mol. The van der Waals surface area contributed by atoms with Crippen LogP contribution in [0.5, 0.6) is 5.75 Å². The van der Waals surface area contributed by atoms with Crippen LogP contribution in [0.15, 0.2) is 78.4 Å². The SMILES string of the molecule is O=C1NN(c2ccccc2)C(=O)C1=Cc1cc([N+](=O)[O-])ccc1OCc1ccc(C(=O)O)cc1. The minimum atomic E-state index is -1.05. The van der Waals surface area contributed by atoms with Crippen molar-refractivity contribution in [2.45, 2.75) is 6.61 Å². The number of nitro groups is 1. The number of nitro benzene ring substituents is 1. The number of carbonyl (C=O) groups excluding carboxylic acids is 2. The lowest BCUT2D eigenvalue weighted by molar-refractivity contribution is -0.384. The molecule has 3 aromatic rings. The molecule has 10 nitrogen and oxygen atoms in total. The summed E-state index contributed by atoms with van der Waals surface area (Å²) in [5.41, 5.74) is 3.44. The van der Waals surface area contributed by atoms with E-state index in [0.717, 1.165) is 5.01 Å². The molecule has 0 unspecified atom stereocenters. The van der Waals surface area contributed by atoms with Gasteiger partial charge in [-0.05, 0) is 42.0 Å². The number of hydrogen-bond acceptors (Lipinski definition) is 6. The average molecular weight is 459 g/mol. The Hall–Kier alpha value is -4.99. The molecule has 0 aromatic heterocycles. The van der Waals surface area contributed by atoms with Crippen LogP contribution in [0.3, 0.4) is 0 Å². The van der Waals surface area contributed by atoms with Gasteiger partial charge in [-0.1, -0.05) is 30.3 Å². The van der Waals surface area contributed by atoms with Crippen LogP contribution in [0.1, 0.15) is 21.5 Å². The first-order valence-electron chi connectivity index (χ1n) is 9.99. The molecular weight excluding hydrogens is 442 g/mol. The Bertz CT molecular complexity index is 1320. The summed E-state index contributed by atoms with van der Waals surface area (Å²) in [6.07, 6.45) is 1.25. The third-order valence-corrected chi connectivity index (χ3v) is 5.01. The molecule has 0 atom stereocenters. The molecule has 0 saturated carbocycles. The first-order valence-corrected chi connectivity index (χ1v) is 9.99. The maximum Gasteiger partial charge on any atom is 0.335 e. The highest BCUT2D eigenvalue weighted by Gasteiger charge is 2.34. The Morgan fingerprint density at radius 2 is 1.76 bits per heavy atom. The quantitative estimate of drug-likeness (QED) is 0.239. The van der Waals surface area contributed by atoms with Gasteiger partial charge in [0, 0.05) is 17.7 Å². The molecule has 0 spiro atoms. The molecule has 170 valence electrons. The molecule has 1 aliphatic rings. The van der Waals surface area contributed by atoms with Gasteiger partial charge < -0.3 is 9.84 Å².